The van der Waals surface area contributed by atoms with Crippen molar-refractivity contribution < 1.29 is 9.78 Å². The number of amides is 1. The lowest BCUT2D eigenvalue weighted by molar-refractivity contribution is -0.426. The fourth-order valence-electron chi connectivity index (χ4n) is 2.18. The van der Waals surface area contributed by atoms with Crippen LogP contribution in [0.2, 0.25) is 0 Å². The van der Waals surface area contributed by atoms with Crippen LogP contribution in [-0.2, 0) is 4.79 Å². The molecule has 2 rings (SSSR count). The molecule has 1 heterocycles. The Labute approximate surface area is 147 Å². The van der Waals surface area contributed by atoms with E-state index in [4.69, 9.17) is 0 Å². The van der Waals surface area contributed by atoms with E-state index in [-0.39, 0.29) is 5.91 Å². The Morgan fingerprint density at radius 1 is 1.21 bits per heavy atom. The van der Waals surface area contributed by atoms with Gasteiger partial charge in [-0.1, -0.05) is 12.1 Å². The molecule has 2 N–H and O–H groups in total. The number of nitrogens with zero attached hydrogens (tertiary/aromatic N) is 2. The molecule has 0 fully saturated rings. The zero-order valence-corrected chi connectivity index (χ0v) is 14.8. The minimum absolute atomic E-state index is 0.131. The van der Waals surface area contributed by atoms with Crippen LogP contribution in [0.15, 0.2) is 58.8 Å². The number of nitrogens with one attached hydrogen (secondary N) is 2. The van der Waals surface area contributed by atoms with Crippen LogP contribution in [0, 0.1) is 0 Å². The zero-order valence-electron chi connectivity index (χ0n) is 14.0. The molecule has 0 unspecified atom stereocenters. The topological polar surface area (TPSA) is 58.8 Å². The summed E-state index contributed by atoms with van der Waals surface area (Å²) in [5.74, 6) is 0.187. The van der Waals surface area contributed by atoms with Crippen LogP contribution in [0.1, 0.15) is 19.4 Å². The second kappa shape index (κ2) is 9.72. The van der Waals surface area contributed by atoms with Crippen molar-refractivity contribution in [2.75, 3.05) is 23.7 Å². The number of carbonyl (C=O) groups excluding carboxylic acids is 1. The minimum Gasteiger partial charge on any atom is -0.372 e. The van der Waals surface area contributed by atoms with Gasteiger partial charge in [0.1, 0.15) is 0 Å². The van der Waals surface area contributed by atoms with Gasteiger partial charge >= 0.3 is 0 Å². The quantitative estimate of drug-likeness (QED) is 0.455. The number of benzene rings is 1. The van der Waals surface area contributed by atoms with Gasteiger partial charge in [0.05, 0.1) is 12.0 Å². The maximum Gasteiger partial charge on any atom is 0.250 e. The molecule has 6 heteroatoms. The van der Waals surface area contributed by atoms with Crippen molar-refractivity contribution in [2.45, 2.75) is 18.9 Å². The van der Waals surface area contributed by atoms with Crippen LogP contribution in [-0.4, -0.2) is 31.0 Å². The van der Waals surface area contributed by atoms with Gasteiger partial charge in [-0.05, 0) is 49.4 Å². The molecule has 0 aliphatic heterocycles. The number of hydrogen-bond donors (Lipinski definition) is 1. The van der Waals surface area contributed by atoms with Crippen LogP contribution < -0.4 is 15.3 Å². The lowest BCUT2D eigenvalue weighted by atomic mass is 10.2. The number of hydrazone groups is 1. The number of thioether (sulfide) groups is 1. The normalized spacial score (nSPS) is 10.8. The first-order valence-electron chi connectivity index (χ1n) is 7.99. The minimum atomic E-state index is -0.131. The zero-order chi connectivity index (χ0) is 17.2. The Kier molecular flexibility index (Phi) is 7.29. The number of H-pyrrole nitrogens is 1. The Balaban J connectivity index is 1.79. The maximum absolute atomic E-state index is 11.8. The summed E-state index contributed by atoms with van der Waals surface area (Å²) in [6.07, 6.45) is 3.49. The number of aromatic amines is 1. The lowest BCUT2D eigenvalue weighted by Crippen LogP contribution is -2.21. The average molecular weight is 343 g/mol. The summed E-state index contributed by atoms with van der Waals surface area (Å²) in [7, 11) is 0. The first-order valence-corrected chi connectivity index (χ1v) is 8.98. The molecule has 0 saturated carbocycles. The van der Waals surface area contributed by atoms with Gasteiger partial charge in [-0.25, -0.2) is 10.4 Å². The highest BCUT2D eigenvalue weighted by Gasteiger charge is 2.05. The standard InChI is InChI=1S/C18H22N4OS/c1-3-22(4-2)16-10-8-15(9-11-16)13-20-21-17(23)14-24-18-7-5-6-12-19-18/h5-13H,3-4,14H2,1-2H3,(H,21,23)/p+1. The van der Waals surface area contributed by atoms with Gasteiger partial charge in [0.2, 0.25) is 5.03 Å². The van der Waals surface area contributed by atoms with Crippen molar-refractivity contribution in [3.05, 3.63) is 54.2 Å². The van der Waals surface area contributed by atoms with Crippen molar-refractivity contribution in [3.8, 4) is 0 Å². The number of aromatic nitrogens is 1. The summed E-state index contributed by atoms with van der Waals surface area (Å²) in [5.41, 5.74) is 4.69. The van der Waals surface area contributed by atoms with Crippen molar-refractivity contribution in [2.24, 2.45) is 5.10 Å². The fourth-order valence-corrected chi connectivity index (χ4v) is 2.86. The molecule has 0 atom stereocenters. The van der Waals surface area contributed by atoms with E-state index in [1.807, 2.05) is 36.5 Å². The van der Waals surface area contributed by atoms with Gasteiger partial charge in [-0.3, -0.25) is 4.79 Å². The van der Waals surface area contributed by atoms with E-state index in [0.29, 0.717) is 5.75 Å². The molecule has 2 aromatic rings. The van der Waals surface area contributed by atoms with Crippen LogP contribution in [0.3, 0.4) is 0 Å². The van der Waals surface area contributed by atoms with Gasteiger partial charge in [0, 0.05) is 30.9 Å². The number of carbonyl (C=O) groups is 1. The molecule has 24 heavy (non-hydrogen) atoms. The van der Waals surface area contributed by atoms with E-state index in [0.717, 1.165) is 23.7 Å². The lowest BCUT2D eigenvalue weighted by Gasteiger charge is -2.20. The van der Waals surface area contributed by atoms with Gasteiger partial charge in [0.15, 0.2) is 6.20 Å². The van der Waals surface area contributed by atoms with Crippen molar-refractivity contribution in [1.82, 2.24) is 5.43 Å². The highest BCUT2D eigenvalue weighted by atomic mass is 32.2. The van der Waals surface area contributed by atoms with Gasteiger partial charge in [-0.2, -0.15) is 5.10 Å². The molecule has 0 aliphatic rings. The Morgan fingerprint density at radius 3 is 2.58 bits per heavy atom. The molecule has 0 radical (unpaired) electrons. The number of rotatable bonds is 8. The van der Waals surface area contributed by atoms with E-state index in [9.17, 15) is 4.79 Å². The third kappa shape index (κ3) is 5.70. The molecule has 126 valence electrons. The van der Waals surface area contributed by atoms with Crippen LogP contribution in [0.25, 0.3) is 0 Å². The first-order chi connectivity index (χ1) is 11.7. The van der Waals surface area contributed by atoms with Crippen LogP contribution in [0.5, 0.6) is 0 Å². The van der Waals surface area contributed by atoms with Crippen molar-refractivity contribution in [3.63, 3.8) is 0 Å². The van der Waals surface area contributed by atoms with E-state index >= 15 is 0 Å². The molecular weight excluding hydrogens is 320 g/mol. The molecule has 1 aromatic carbocycles. The van der Waals surface area contributed by atoms with E-state index in [1.54, 1.807) is 6.21 Å². The Hall–Kier alpha value is -2.34. The smallest absolute Gasteiger partial charge is 0.250 e. The Morgan fingerprint density at radius 2 is 1.96 bits per heavy atom. The number of hydrogen-bond acceptors (Lipinski definition) is 4. The molecule has 0 saturated heterocycles. The molecular formula is C18H23N4OS+. The number of pyridine rings is 1. The highest BCUT2D eigenvalue weighted by Crippen LogP contribution is 2.14. The fraction of sp³-hybridized carbons (Fsp3) is 0.278. The highest BCUT2D eigenvalue weighted by molar-refractivity contribution is 7.99. The second-order valence-electron chi connectivity index (χ2n) is 5.07. The van der Waals surface area contributed by atoms with Crippen molar-refractivity contribution >= 4 is 29.6 Å². The Bertz CT molecular complexity index is 654. The van der Waals surface area contributed by atoms with Crippen LogP contribution >= 0.6 is 11.8 Å². The predicted octanol–water partition coefficient (Wildman–Crippen LogP) is 2.59. The van der Waals surface area contributed by atoms with Gasteiger partial charge in [-0.15, -0.1) is 0 Å². The van der Waals surface area contributed by atoms with E-state index < -0.39 is 0 Å². The molecule has 0 aliphatic carbocycles. The third-order valence-electron chi connectivity index (χ3n) is 3.46. The molecule has 0 spiro atoms. The first kappa shape index (κ1) is 18.0. The summed E-state index contributed by atoms with van der Waals surface area (Å²) < 4.78 is 0. The summed E-state index contributed by atoms with van der Waals surface area (Å²) >= 11 is 1.44. The van der Waals surface area contributed by atoms with Crippen LogP contribution in [0.4, 0.5) is 5.69 Å². The maximum atomic E-state index is 11.8. The molecule has 1 amide bonds. The van der Waals surface area contributed by atoms with E-state index in [2.05, 4.69) is 46.4 Å². The summed E-state index contributed by atoms with van der Waals surface area (Å²) in [6, 6.07) is 13.9. The molecule has 0 bridgehead atoms. The SMILES string of the molecule is CCN(CC)c1ccc(C=NNC(=O)CSc2cccc[nH+]2)cc1. The predicted molar refractivity (Wildman–Crippen MR) is 99.5 cm³/mol. The average Bonchev–Trinajstić information content (AvgIpc) is 2.63. The second-order valence-corrected chi connectivity index (χ2v) is 6.09. The van der Waals surface area contributed by atoms with E-state index in [1.165, 1.54) is 17.4 Å². The number of anilines is 1. The largest absolute Gasteiger partial charge is 0.372 e. The van der Waals surface area contributed by atoms with Gasteiger partial charge < -0.3 is 4.90 Å². The van der Waals surface area contributed by atoms with Crippen molar-refractivity contribution in [1.29, 1.82) is 0 Å². The molecule has 5 nitrogen and oxygen atoms in total. The van der Waals surface area contributed by atoms with Gasteiger partial charge in [0.25, 0.3) is 5.91 Å². The summed E-state index contributed by atoms with van der Waals surface area (Å²) in [5, 5.41) is 4.95. The third-order valence-corrected chi connectivity index (χ3v) is 4.44. The monoisotopic (exact) mass is 343 g/mol. The summed E-state index contributed by atoms with van der Waals surface area (Å²) in [6.45, 7) is 6.24. The molecule has 1 aromatic heterocycles. The summed E-state index contributed by atoms with van der Waals surface area (Å²) in [4.78, 5) is 17.1.